The van der Waals surface area contributed by atoms with Crippen molar-refractivity contribution in [3.63, 3.8) is 0 Å². The molecule has 1 fully saturated rings. The number of amides is 2. The van der Waals surface area contributed by atoms with Crippen LogP contribution in [0.2, 0.25) is 0 Å². The molecular formula is C19H23N3O2S. The maximum absolute atomic E-state index is 12.4. The number of nitrogens with zero attached hydrogens (tertiary/aromatic N) is 2. The topological polar surface area (TPSA) is 62.3 Å². The zero-order chi connectivity index (χ0) is 17.8. The fourth-order valence-corrected chi connectivity index (χ4v) is 3.83. The second kappa shape index (κ2) is 7.78. The average molecular weight is 357 g/mol. The first kappa shape index (κ1) is 17.6. The van der Waals surface area contributed by atoms with E-state index in [9.17, 15) is 9.59 Å². The van der Waals surface area contributed by atoms with Crippen LogP contribution in [0.15, 0.2) is 23.7 Å². The fourth-order valence-electron chi connectivity index (χ4n) is 3.05. The van der Waals surface area contributed by atoms with E-state index < -0.39 is 0 Å². The van der Waals surface area contributed by atoms with Crippen molar-refractivity contribution >= 4 is 28.8 Å². The molecule has 2 amide bonds. The van der Waals surface area contributed by atoms with Crippen LogP contribution in [-0.2, 0) is 11.2 Å². The summed E-state index contributed by atoms with van der Waals surface area (Å²) in [5.41, 5.74) is 5.18. The molecule has 0 aliphatic carbocycles. The van der Waals surface area contributed by atoms with Crippen molar-refractivity contribution in [1.29, 1.82) is 0 Å². The molecule has 0 atom stereocenters. The van der Waals surface area contributed by atoms with Crippen molar-refractivity contribution < 1.29 is 9.59 Å². The third-order valence-corrected chi connectivity index (χ3v) is 5.56. The Bertz CT molecular complexity index is 779. The second-order valence-corrected chi connectivity index (χ2v) is 7.38. The average Bonchev–Trinajstić information content (AvgIpc) is 3.26. The number of benzene rings is 1. The molecule has 0 unspecified atom stereocenters. The molecule has 2 aromatic rings. The summed E-state index contributed by atoms with van der Waals surface area (Å²) in [6, 6.07) is 5.49. The zero-order valence-corrected chi connectivity index (χ0v) is 15.5. The minimum absolute atomic E-state index is 0.0190. The summed E-state index contributed by atoms with van der Waals surface area (Å²) in [7, 11) is 0. The van der Waals surface area contributed by atoms with Crippen molar-refractivity contribution in [1.82, 2.24) is 9.88 Å². The van der Waals surface area contributed by atoms with Gasteiger partial charge >= 0.3 is 0 Å². The number of rotatable bonds is 5. The van der Waals surface area contributed by atoms with Crippen LogP contribution in [0.4, 0.5) is 5.69 Å². The summed E-state index contributed by atoms with van der Waals surface area (Å²) < 4.78 is 0. The van der Waals surface area contributed by atoms with Crippen LogP contribution in [-0.4, -0.2) is 34.8 Å². The van der Waals surface area contributed by atoms with Crippen LogP contribution >= 0.6 is 11.3 Å². The molecule has 1 aromatic heterocycles. The molecule has 0 radical (unpaired) electrons. The van der Waals surface area contributed by atoms with E-state index in [1.807, 2.05) is 36.4 Å². The third kappa shape index (κ3) is 4.25. The lowest BCUT2D eigenvalue weighted by molar-refractivity contribution is -0.116. The highest BCUT2D eigenvalue weighted by molar-refractivity contribution is 7.09. The molecule has 1 aliphatic heterocycles. The molecular weight excluding hydrogens is 334 g/mol. The van der Waals surface area contributed by atoms with Gasteiger partial charge in [-0.2, -0.15) is 0 Å². The fraction of sp³-hybridized carbons (Fsp3) is 0.421. The van der Waals surface area contributed by atoms with E-state index in [0.717, 1.165) is 47.8 Å². The molecule has 25 heavy (non-hydrogen) atoms. The van der Waals surface area contributed by atoms with Crippen molar-refractivity contribution in [2.75, 3.05) is 18.4 Å². The molecule has 0 bridgehead atoms. The zero-order valence-electron chi connectivity index (χ0n) is 14.7. The van der Waals surface area contributed by atoms with Crippen molar-refractivity contribution in [2.45, 2.75) is 39.5 Å². The highest BCUT2D eigenvalue weighted by atomic mass is 32.1. The number of carbonyl (C=O) groups is 2. The van der Waals surface area contributed by atoms with E-state index in [2.05, 4.69) is 10.3 Å². The third-order valence-electron chi connectivity index (χ3n) is 4.56. The number of aryl methyl sites for hydroxylation is 3. The van der Waals surface area contributed by atoms with E-state index in [0.29, 0.717) is 18.4 Å². The van der Waals surface area contributed by atoms with Gasteiger partial charge in [0.1, 0.15) is 0 Å². The molecule has 1 aromatic carbocycles. The first-order valence-corrected chi connectivity index (χ1v) is 9.51. The summed E-state index contributed by atoms with van der Waals surface area (Å²) in [6.07, 6.45) is 3.29. The first-order chi connectivity index (χ1) is 12.0. The largest absolute Gasteiger partial charge is 0.339 e. The number of likely N-dealkylation sites (tertiary alicyclic amines) is 1. The van der Waals surface area contributed by atoms with Gasteiger partial charge in [-0.3, -0.25) is 9.59 Å². The molecule has 2 heterocycles. The second-order valence-electron chi connectivity index (χ2n) is 6.44. The number of aromatic nitrogens is 1. The quantitative estimate of drug-likeness (QED) is 0.890. The Hall–Kier alpha value is -2.21. The van der Waals surface area contributed by atoms with E-state index >= 15 is 0 Å². The summed E-state index contributed by atoms with van der Waals surface area (Å²) in [6.45, 7) is 5.56. The van der Waals surface area contributed by atoms with E-state index in [4.69, 9.17) is 0 Å². The van der Waals surface area contributed by atoms with Crippen molar-refractivity contribution in [2.24, 2.45) is 0 Å². The van der Waals surface area contributed by atoms with Crippen LogP contribution in [0.5, 0.6) is 0 Å². The predicted octanol–water partition coefficient (Wildman–Crippen LogP) is 3.57. The minimum atomic E-state index is -0.0190. The molecule has 0 spiro atoms. The highest BCUT2D eigenvalue weighted by Gasteiger charge is 2.20. The number of hydrogen-bond donors (Lipinski definition) is 1. The molecule has 0 saturated carbocycles. The van der Waals surface area contributed by atoms with E-state index in [1.165, 1.54) is 0 Å². The van der Waals surface area contributed by atoms with Crippen LogP contribution in [0.1, 0.15) is 45.8 Å². The summed E-state index contributed by atoms with van der Waals surface area (Å²) in [4.78, 5) is 31.9. The number of hydrogen-bond acceptors (Lipinski definition) is 4. The van der Waals surface area contributed by atoms with Crippen LogP contribution in [0.3, 0.4) is 0 Å². The Morgan fingerprint density at radius 1 is 1.24 bits per heavy atom. The van der Waals surface area contributed by atoms with Gasteiger partial charge in [-0.05, 0) is 56.9 Å². The Balaban J connectivity index is 1.59. The van der Waals surface area contributed by atoms with Gasteiger partial charge in [0.05, 0.1) is 11.2 Å². The van der Waals surface area contributed by atoms with E-state index in [1.54, 1.807) is 17.4 Å². The van der Waals surface area contributed by atoms with Gasteiger partial charge < -0.3 is 10.2 Å². The highest BCUT2D eigenvalue weighted by Crippen LogP contribution is 2.20. The Labute approximate surface area is 152 Å². The smallest absolute Gasteiger partial charge is 0.253 e. The summed E-state index contributed by atoms with van der Waals surface area (Å²) in [5.74, 6) is 0.0636. The first-order valence-electron chi connectivity index (χ1n) is 8.63. The molecule has 1 aliphatic rings. The monoisotopic (exact) mass is 357 g/mol. The van der Waals surface area contributed by atoms with Gasteiger partial charge in [0.2, 0.25) is 5.91 Å². The Morgan fingerprint density at radius 3 is 2.64 bits per heavy atom. The molecule has 3 rings (SSSR count). The van der Waals surface area contributed by atoms with Crippen molar-refractivity contribution in [3.8, 4) is 0 Å². The van der Waals surface area contributed by atoms with Gasteiger partial charge in [-0.1, -0.05) is 0 Å². The standard InChI is InChI=1S/C19H23N3O2S/c1-13-11-15(19(24)22-9-3-4-10-22)5-6-16(13)21-18(23)8-7-17-14(2)20-12-25-17/h5-6,11-12H,3-4,7-10H2,1-2H3,(H,21,23). The molecule has 132 valence electrons. The molecule has 5 nitrogen and oxygen atoms in total. The van der Waals surface area contributed by atoms with Gasteiger partial charge in [-0.15, -0.1) is 11.3 Å². The molecule has 1 N–H and O–H groups in total. The number of nitrogens with one attached hydrogen (secondary N) is 1. The summed E-state index contributed by atoms with van der Waals surface area (Å²) in [5, 5.41) is 2.95. The Morgan fingerprint density at radius 2 is 2.00 bits per heavy atom. The van der Waals surface area contributed by atoms with Crippen LogP contribution in [0, 0.1) is 13.8 Å². The maximum Gasteiger partial charge on any atom is 0.253 e. The maximum atomic E-state index is 12.4. The normalized spacial score (nSPS) is 13.9. The SMILES string of the molecule is Cc1cc(C(=O)N2CCCC2)ccc1NC(=O)CCc1scnc1C. The van der Waals surface area contributed by atoms with Crippen molar-refractivity contribution in [3.05, 3.63) is 45.4 Å². The van der Waals surface area contributed by atoms with E-state index in [-0.39, 0.29) is 11.8 Å². The lowest BCUT2D eigenvalue weighted by Crippen LogP contribution is -2.27. The van der Waals surface area contributed by atoms with Gasteiger partial charge in [0, 0.05) is 35.6 Å². The van der Waals surface area contributed by atoms with Crippen LogP contribution in [0.25, 0.3) is 0 Å². The molecule has 6 heteroatoms. The number of carbonyl (C=O) groups excluding carboxylic acids is 2. The van der Waals surface area contributed by atoms with Gasteiger partial charge in [0.25, 0.3) is 5.91 Å². The Kier molecular flexibility index (Phi) is 5.48. The molecule has 1 saturated heterocycles. The van der Waals surface area contributed by atoms with Gasteiger partial charge in [0.15, 0.2) is 0 Å². The van der Waals surface area contributed by atoms with Gasteiger partial charge in [-0.25, -0.2) is 4.98 Å². The minimum Gasteiger partial charge on any atom is -0.339 e. The lowest BCUT2D eigenvalue weighted by atomic mass is 10.1. The predicted molar refractivity (Wildman–Crippen MR) is 100 cm³/mol. The summed E-state index contributed by atoms with van der Waals surface area (Å²) >= 11 is 1.58. The number of thiazole rings is 1. The lowest BCUT2D eigenvalue weighted by Gasteiger charge is -2.16. The number of anilines is 1. The van der Waals surface area contributed by atoms with Crippen LogP contribution < -0.4 is 5.32 Å².